The molecule has 0 atom stereocenters. The van der Waals surface area contributed by atoms with E-state index >= 15 is 0 Å². The predicted molar refractivity (Wildman–Crippen MR) is 157 cm³/mol. The van der Waals surface area contributed by atoms with E-state index in [1.165, 1.54) is 39.8 Å². The third-order valence-electron chi connectivity index (χ3n) is 5.83. The summed E-state index contributed by atoms with van der Waals surface area (Å²) in [7, 11) is 0. The topological polar surface area (TPSA) is 115 Å². The van der Waals surface area contributed by atoms with Gasteiger partial charge in [0, 0.05) is 5.56 Å². The highest BCUT2D eigenvalue weighted by atomic mass is 32.2. The fraction of sp³-hybridized carbons (Fsp3) is 0.185. The van der Waals surface area contributed by atoms with Gasteiger partial charge in [-0.15, -0.1) is 20.4 Å². The number of nitrogens with zero attached hydrogens (tertiary/aromatic N) is 5. The van der Waals surface area contributed by atoms with E-state index in [2.05, 4.69) is 31.0 Å². The molecular formula is C27H22F3N7O2S3. The van der Waals surface area contributed by atoms with Crippen LogP contribution in [-0.4, -0.2) is 48.3 Å². The van der Waals surface area contributed by atoms with Crippen LogP contribution in [0.4, 0.5) is 18.3 Å². The van der Waals surface area contributed by atoms with E-state index in [-0.39, 0.29) is 34.9 Å². The summed E-state index contributed by atoms with van der Waals surface area (Å²) in [4.78, 5) is 25.7. The maximum atomic E-state index is 13.5. The summed E-state index contributed by atoms with van der Waals surface area (Å²) in [5, 5.41) is 23.8. The van der Waals surface area contributed by atoms with Gasteiger partial charge in [-0.05, 0) is 40.8 Å². The highest BCUT2D eigenvalue weighted by Crippen LogP contribution is 2.32. The molecule has 15 heteroatoms. The molecule has 3 aromatic carbocycles. The summed E-state index contributed by atoms with van der Waals surface area (Å²) in [5.74, 6) is 0.116. The summed E-state index contributed by atoms with van der Waals surface area (Å²) in [6, 6.07) is 17.5. The molecule has 0 aliphatic heterocycles. The van der Waals surface area contributed by atoms with E-state index in [0.717, 1.165) is 44.8 Å². The minimum absolute atomic E-state index is 0.116. The maximum Gasteiger partial charge on any atom is 0.416 e. The van der Waals surface area contributed by atoms with Crippen LogP contribution in [0.15, 0.2) is 76.2 Å². The summed E-state index contributed by atoms with van der Waals surface area (Å²) >= 11 is 3.73. The molecular weight excluding hydrogens is 608 g/mol. The van der Waals surface area contributed by atoms with Crippen LogP contribution < -0.4 is 10.6 Å². The molecule has 216 valence electrons. The zero-order chi connectivity index (χ0) is 29.7. The van der Waals surface area contributed by atoms with Gasteiger partial charge in [0.1, 0.15) is 0 Å². The first-order valence-electron chi connectivity index (χ1n) is 12.5. The van der Waals surface area contributed by atoms with Crippen LogP contribution in [-0.2, 0) is 17.5 Å². The van der Waals surface area contributed by atoms with Crippen molar-refractivity contribution in [3.05, 3.63) is 83.7 Å². The van der Waals surface area contributed by atoms with Gasteiger partial charge in [0.2, 0.25) is 11.0 Å². The van der Waals surface area contributed by atoms with E-state index in [1.807, 2.05) is 37.3 Å². The number of hydrogen-bond acceptors (Lipinski definition) is 9. The van der Waals surface area contributed by atoms with Gasteiger partial charge in [-0.3, -0.25) is 19.5 Å². The number of nitrogens with one attached hydrogen (secondary N) is 2. The molecule has 0 unspecified atom stereocenters. The molecule has 2 N–H and O–H groups in total. The van der Waals surface area contributed by atoms with E-state index in [0.29, 0.717) is 10.7 Å². The van der Waals surface area contributed by atoms with Crippen molar-refractivity contribution in [3.63, 3.8) is 0 Å². The Morgan fingerprint density at radius 1 is 0.952 bits per heavy atom. The van der Waals surface area contributed by atoms with Crippen LogP contribution in [0.2, 0.25) is 0 Å². The van der Waals surface area contributed by atoms with Gasteiger partial charge in [0.15, 0.2) is 15.3 Å². The number of anilines is 1. The molecule has 5 aromatic rings. The Bertz CT molecular complexity index is 1730. The van der Waals surface area contributed by atoms with Crippen LogP contribution in [0.3, 0.4) is 0 Å². The molecule has 9 nitrogen and oxygen atoms in total. The molecule has 2 amide bonds. The molecule has 2 heterocycles. The highest BCUT2D eigenvalue weighted by Gasteiger charge is 2.31. The largest absolute Gasteiger partial charge is 0.416 e. The van der Waals surface area contributed by atoms with Gasteiger partial charge < -0.3 is 5.32 Å². The predicted octanol–water partition coefficient (Wildman–Crippen LogP) is 6.06. The Kier molecular flexibility index (Phi) is 9.09. The Morgan fingerprint density at radius 2 is 1.74 bits per heavy atom. The third-order valence-corrected chi connectivity index (χ3v) is 8.61. The smallest absolute Gasteiger partial charge is 0.345 e. The maximum absolute atomic E-state index is 13.5. The quantitative estimate of drug-likeness (QED) is 0.142. The number of hydrogen-bond donors (Lipinski definition) is 2. The average Bonchev–Trinajstić information content (AvgIpc) is 3.60. The monoisotopic (exact) mass is 629 g/mol. The molecule has 0 bridgehead atoms. The molecule has 0 saturated carbocycles. The van der Waals surface area contributed by atoms with Crippen LogP contribution in [0, 0.1) is 0 Å². The van der Waals surface area contributed by atoms with Crippen LogP contribution in [0.5, 0.6) is 0 Å². The second-order valence-corrected chi connectivity index (χ2v) is 12.1. The van der Waals surface area contributed by atoms with Gasteiger partial charge in [0.25, 0.3) is 5.91 Å². The van der Waals surface area contributed by atoms with Gasteiger partial charge >= 0.3 is 6.18 Å². The lowest BCUT2D eigenvalue weighted by molar-refractivity contribution is -0.137. The molecule has 0 spiro atoms. The summed E-state index contributed by atoms with van der Waals surface area (Å²) < 4.78 is 42.7. The van der Waals surface area contributed by atoms with Crippen LogP contribution in [0.1, 0.15) is 28.7 Å². The van der Waals surface area contributed by atoms with Crippen molar-refractivity contribution >= 4 is 62.6 Å². The SMILES string of the molecule is CCSc1nnc(NC(=O)CSc2nnc(CNC(=O)c3cccc4ccccc34)n2-c2cccc(C(F)(F)F)c2)s1. The number of thioether (sulfide) groups is 2. The lowest BCUT2D eigenvalue weighted by Crippen LogP contribution is -2.25. The van der Waals surface area contributed by atoms with E-state index < -0.39 is 17.6 Å². The standard InChI is InChI=1S/C27H22F3N7O2S3/c1-2-40-26-36-34-24(42-26)32-22(38)15-41-25-35-33-21(37(25)18-10-6-9-17(13-18)27(28,29)30)14-31-23(39)20-12-5-8-16-7-3-4-11-19(16)20/h3-13H,2,14-15H2,1H3,(H,31,39)(H,32,34,38). The number of carbonyl (C=O) groups is 2. The second kappa shape index (κ2) is 12.9. The first kappa shape index (κ1) is 29.5. The Morgan fingerprint density at radius 3 is 2.55 bits per heavy atom. The lowest BCUT2D eigenvalue weighted by atomic mass is 10.0. The van der Waals surface area contributed by atoms with Crippen molar-refractivity contribution in [2.75, 3.05) is 16.8 Å². The zero-order valence-electron chi connectivity index (χ0n) is 21.9. The number of halogens is 3. The molecule has 5 rings (SSSR count). The molecule has 42 heavy (non-hydrogen) atoms. The number of benzene rings is 3. The van der Waals surface area contributed by atoms with Crippen LogP contribution >= 0.6 is 34.9 Å². The highest BCUT2D eigenvalue weighted by molar-refractivity contribution is 8.01. The van der Waals surface area contributed by atoms with Crippen molar-refractivity contribution in [2.24, 2.45) is 0 Å². The lowest BCUT2D eigenvalue weighted by Gasteiger charge is -2.14. The molecule has 0 fully saturated rings. The Labute approximate surface area is 250 Å². The molecule has 0 aliphatic rings. The molecule has 0 radical (unpaired) electrons. The second-order valence-electron chi connectivity index (χ2n) is 8.63. The third kappa shape index (κ3) is 6.91. The zero-order valence-corrected chi connectivity index (χ0v) is 24.3. The number of amides is 2. The summed E-state index contributed by atoms with van der Waals surface area (Å²) in [6.45, 7) is 1.85. The number of rotatable bonds is 10. The van der Waals surface area contributed by atoms with Crippen molar-refractivity contribution in [1.29, 1.82) is 0 Å². The number of alkyl halides is 3. The minimum atomic E-state index is -4.57. The van der Waals surface area contributed by atoms with E-state index in [1.54, 1.807) is 12.1 Å². The van der Waals surface area contributed by atoms with E-state index in [9.17, 15) is 22.8 Å². The van der Waals surface area contributed by atoms with Gasteiger partial charge in [0.05, 0.1) is 23.5 Å². The van der Waals surface area contributed by atoms with Crippen molar-refractivity contribution in [3.8, 4) is 5.69 Å². The van der Waals surface area contributed by atoms with Crippen molar-refractivity contribution < 1.29 is 22.8 Å². The fourth-order valence-electron chi connectivity index (χ4n) is 3.99. The van der Waals surface area contributed by atoms with Crippen LogP contribution in [0.25, 0.3) is 16.5 Å². The Hall–Kier alpha value is -3.95. The normalized spacial score (nSPS) is 11.5. The molecule has 0 aliphatic carbocycles. The number of carbonyl (C=O) groups excluding carboxylic acids is 2. The minimum Gasteiger partial charge on any atom is -0.345 e. The average molecular weight is 630 g/mol. The summed E-state index contributed by atoms with van der Waals surface area (Å²) in [6.07, 6.45) is -4.57. The van der Waals surface area contributed by atoms with Gasteiger partial charge in [-0.25, -0.2) is 0 Å². The molecule has 0 saturated heterocycles. The first-order valence-corrected chi connectivity index (χ1v) is 15.3. The first-order chi connectivity index (χ1) is 20.2. The van der Waals surface area contributed by atoms with Crippen molar-refractivity contribution in [1.82, 2.24) is 30.3 Å². The van der Waals surface area contributed by atoms with Gasteiger partial charge in [-0.1, -0.05) is 84.2 Å². The fourth-order valence-corrected chi connectivity index (χ4v) is 6.43. The Balaban J connectivity index is 1.37. The van der Waals surface area contributed by atoms with Crippen molar-refractivity contribution in [2.45, 2.75) is 29.1 Å². The summed E-state index contributed by atoms with van der Waals surface area (Å²) in [5.41, 5.74) is -0.274. The van der Waals surface area contributed by atoms with E-state index in [4.69, 9.17) is 0 Å². The van der Waals surface area contributed by atoms with Gasteiger partial charge in [-0.2, -0.15) is 13.2 Å². The molecule has 2 aromatic heterocycles. The number of aromatic nitrogens is 5. The number of fused-ring (bicyclic) bond motifs is 1.